The summed E-state index contributed by atoms with van der Waals surface area (Å²) in [5.41, 5.74) is 0.692. The fourth-order valence-corrected chi connectivity index (χ4v) is 2.37. The summed E-state index contributed by atoms with van der Waals surface area (Å²) in [5.74, 6) is 0.728. The second-order valence-corrected chi connectivity index (χ2v) is 5.35. The van der Waals surface area contributed by atoms with E-state index in [9.17, 15) is 10.1 Å². The Balaban J connectivity index is 2.06. The molecule has 1 aromatic carbocycles. The molecule has 0 unspecified atom stereocenters. The molecule has 0 radical (unpaired) electrons. The summed E-state index contributed by atoms with van der Waals surface area (Å²) < 4.78 is 0. The normalized spacial score (nSPS) is 15.7. The number of hydrogen-bond acceptors (Lipinski definition) is 5. The summed E-state index contributed by atoms with van der Waals surface area (Å²) >= 11 is 0. The van der Waals surface area contributed by atoms with Crippen molar-refractivity contribution in [3.05, 3.63) is 33.9 Å². The zero-order valence-corrected chi connectivity index (χ0v) is 11.7. The number of anilines is 1. The number of nitrogens with one attached hydrogen (secondary N) is 1. The standard InChI is InChI=1S/C14H18N4O2/c1-17(2)14(10-3-4-10)9-16-12-5-6-13(18(19)20)11(7-12)8-15/h5-7,10,14,16H,3-4,9H2,1-2H3/t14-/m0/s1. The molecule has 0 heterocycles. The second-order valence-electron chi connectivity index (χ2n) is 5.35. The van der Waals surface area contributed by atoms with E-state index in [1.54, 1.807) is 6.07 Å². The summed E-state index contributed by atoms with van der Waals surface area (Å²) in [4.78, 5) is 12.4. The van der Waals surface area contributed by atoms with Gasteiger partial charge in [0.1, 0.15) is 11.6 Å². The Labute approximate surface area is 118 Å². The van der Waals surface area contributed by atoms with E-state index in [1.165, 1.54) is 25.0 Å². The van der Waals surface area contributed by atoms with Gasteiger partial charge >= 0.3 is 0 Å². The Bertz CT molecular complexity index is 545. The van der Waals surface area contributed by atoms with Crippen molar-refractivity contribution in [1.82, 2.24) is 4.90 Å². The summed E-state index contributed by atoms with van der Waals surface area (Å²) in [6.45, 7) is 0.778. The molecule has 6 heteroatoms. The van der Waals surface area contributed by atoms with E-state index in [0.717, 1.165) is 18.2 Å². The van der Waals surface area contributed by atoms with Crippen LogP contribution in [0.15, 0.2) is 18.2 Å². The molecule has 106 valence electrons. The zero-order chi connectivity index (χ0) is 14.7. The highest BCUT2D eigenvalue weighted by atomic mass is 16.6. The Morgan fingerprint density at radius 3 is 2.75 bits per heavy atom. The van der Waals surface area contributed by atoms with Gasteiger partial charge in [0.2, 0.25) is 0 Å². The quantitative estimate of drug-likeness (QED) is 0.635. The molecular weight excluding hydrogens is 256 g/mol. The van der Waals surface area contributed by atoms with Gasteiger partial charge in [0.15, 0.2) is 0 Å². The van der Waals surface area contributed by atoms with Crippen LogP contribution in [0.2, 0.25) is 0 Å². The van der Waals surface area contributed by atoms with E-state index >= 15 is 0 Å². The fraction of sp³-hybridized carbons (Fsp3) is 0.500. The maximum Gasteiger partial charge on any atom is 0.287 e. The van der Waals surface area contributed by atoms with Crippen LogP contribution in [0, 0.1) is 27.4 Å². The smallest absolute Gasteiger partial charge is 0.287 e. The summed E-state index contributed by atoms with van der Waals surface area (Å²) in [5, 5.41) is 23.0. The summed E-state index contributed by atoms with van der Waals surface area (Å²) in [7, 11) is 4.11. The zero-order valence-electron chi connectivity index (χ0n) is 11.7. The number of likely N-dealkylation sites (N-methyl/N-ethyl adjacent to an activating group) is 1. The van der Waals surface area contributed by atoms with Crippen molar-refractivity contribution in [2.45, 2.75) is 18.9 Å². The van der Waals surface area contributed by atoms with E-state index in [1.807, 2.05) is 6.07 Å². The maximum absolute atomic E-state index is 10.8. The van der Waals surface area contributed by atoms with E-state index in [2.05, 4.69) is 24.3 Å². The Kier molecular flexibility index (Phi) is 4.20. The first kappa shape index (κ1) is 14.3. The van der Waals surface area contributed by atoms with Crippen molar-refractivity contribution in [2.24, 2.45) is 5.92 Å². The van der Waals surface area contributed by atoms with Crippen LogP contribution in [0.4, 0.5) is 11.4 Å². The van der Waals surface area contributed by atoms with Gasteiger partial charge in [0.05, 0.1) is 4.92 Å². The summed E-state index contributed by atoms with van der Waals surface area (Å²) in [6.07, 6.45) is 2.52. The highest BCUT2D eigenvalue weighted by Crippen LogP contribution is 2.34. The minimum absolute atomic E-state index is 0.0906. The van der Waals surface area contributed by atoms with Crippen LogP contribution in [-0.4, -0.2) is 36.5 Å². The highest BCUT2D eigenvalue weighted by Gasteiger charge is 2.32. The first-order chi connectivity index (χ1) is 9.52. The van der Waals surface area contributed by atoms with Crippen molar-refractivity contribution in [2.75, 3.05) is 26.0 Å². The van der Waals surface area contributed by atoms with Crippen LogP contribution in [0.5, 0.6) is 0 Å². The van der Waals surface area contributed by atoms with Gasteiger partial charge in [0.25, 0.3) is 5.69 Å². The lowest BCUT2D eigenvalue weighted by Gasteiger charge is -2.24. The molecular formula is C14H18N4O2. The molecule has 1 N–H and O–H groups in total. The largest absolute Gasteiger partial charge is 0.383 e. The van der Waals surface area contributed by atoms with Crippen molar-refractivity contribution in [1.29, 1.82) is 5.26 Å². The lowest BCUT2D eigenvalue weighted by Crippen LogP contribution is -2.36. The molecule has 0 amide bonds. The van der Waals surface area contributed by atoms with Crippen LogP contribution in [0.1, 0.15) is 18.4 Å². The van der Waals surface area contributed by atoms with Crippen LogP contribution < -0.4 is 5.32 Å². The molecule has 0 spiro atoms. The average Bonchev–Trinajstić information content (AvgIpc) is 3.22. The first-order valence-electron chi connectivity index (χ1n) is 6.61. The van der Waals surface area contributed by atoms with Crippen molar-refractivity contribution in [3.8, 4) is 6.07 Å². The molecule has 20 heavy (non-hydrogen) atoms. The third-order valence-corrected chi connectivity index (χ3v) is 3.66. The first-order valence-corrected chi connectivity index (χ1v) is 6.61. The van der Waals surface area contributed by atoms with Crippen LogP contribution >= 0.6 is 0 Å². The predicted molar refractivity (Wildman–Crippen MR) is 76.5 cm³/mol. The maximum atomic E-state index is 10.8. The van der Waals surface area contributed by atoms with E-state index in [-0.39, 0.29) is 11.3 Å². The molecule has 6 nitrogen and oxygen atoms in total. The highest BCUT2D eigenvalue weighted by molar-refractivity contribution is 5.58. The van der Waals surface area contributed by atoms with E-state index in [4.69, 9.17) is 5.26 Å². The minimum atomic E-state index is -0.533. The van der Waals surface area contributed by atoms with Gasteiger partial charge in [0, 0.05) is 24.3 Å². The van der Waals surface area contributed by atoms with Gasteiger partial charge in [-0.2, -0.15) is 5.26 Å². The molecule has 2 rings (SSSR count). The molecule has 1 aliphatic rings. The Morgan fingerprint density at radius 2 is 2.25 bits per heavy atom. The number of hydrogen-bond donors (Lipinski definition) is 1. The number of nitro benzene ring substituents is 1. The fourth-order valence-electron chi connectivity index (χ4n) is 2.37. The molecule has 0 saturated heterocycles. The third-order valence-electron chi connectivity index (χ3n) is 3.66. The van der Waals surface area contributed by atoms with Crippen molar-refractivity contribution in [3.63, 3.8) is 0 Å². The molecule has 1 aromatic rings. The second kappa shape index (κ2) is 5.88. The van der Waals surface area contributed by atoms with Crippen LogP contribution in [-0.2, 0) is 0 Å². The van der Waals surface area contributed by atoms with Gasteiger partial charge in [-0.25, -0.2) is 0 Å². The number of nitrogens with zero attached hydrogens (tertiary/aromatic N) is 3. The van der Waals surface area contributed by atoms with Gasteiger partial charge < -0.3 is 10.2 Å². The van der Waals surface area contributed by atoms with Gasteiger partial charge in [-0.3, -0.25) is 10.1 Å². The average molecular weight is 274 g/mol. The van der Waals surface area contributed by atoms with Gasteiger partial charge in [-0.1, -0.05) is 0 Å². The number of nitro groups is 1. The number of rotatable bonds is 6. The van der Waals surface area contributed by atoms with Crippen molar-refractivity contribution >= 4 is 11.4 Å². The number of nitriles is 1. The summed E-state index contributed by atoms with van der Waals surface area (Å²) in [6, 6.07) is 6.89. The Hall–Kier alpha value is -2.13. The molecule has 1 fully saturated rings. The molecule has 0 aliphatic heterocycles. The predicted octanol–water partition coefficient (Wildman–Crippen LogP) is 2.22. The van der Waals surface area contributed by atoms with E-state index < -0.39 is 4.92 Å². The monoisotopic (exact) mass is 274 g/mol. The van der Waals surface area contributed by atoms with Crippen molar-refractivity contribution < 1.29 is 4.92 Å². The number of benzene rings is 1. The van der Waals surface area contributed by atoms with Gasteiger partial charge in [-0.15, -0.1) is 0 Å². The minimum Gasteiger partial charge on any atom is -0.383 e. The Morgan fingerprint density at radius 1 is 1.55 bits per heavy atom. The van der Waals surface area contributed by atoms with Crippen LogP contribution in [0.25, 0.3) is 0 Å². The molecule has 0 bridgehead atoms. The molecule has 1 atom stereocenters. The van der Waals surface area contributed by atoms with E-state index in [0.29, 0.717) is 6.04 Å². The lowest BCUT2D eigenvalue weighted by molar-refractivity contribution is -0.385. The molecule has 0 aromatic heterocycles. The lowest BCUT2D eigenvalue weighted by atomic mass is 10.1. The topological polar surface area (TPSA) is 82.2 Å². The molecule has 1 saturated carbocycles. The molecule has 1 aliphatic carbocycles. The van der Waals surface area contributed by atoms with Gasteiger partial charge in [-0.05, 0) is 45.0 Å². The SMILES string of the molecule is CN(C)[C@@H](CNc1ccc([N+](=O)[O-])c(C#N)c1)C1CC1. The van der Waals surface area contributed by atoms with Crippen LogP contribution in [0.3, 0.4) is 0 Å². The third kappa shape index (κ3) is 3.25.